The quantitative estimate of drug-likeness (QED) is 0.0171. The van der Waals surface area contributed by atoms with Gasteiger partial charge in [0.05, 0.1) is 13.2 Å². The minimum Gasteiger partial charge on any atom is -0.457 e. The van der Waals surface area contributed by atoms with Crippen LogP contribution in [-0.4, -0.2) is 98.9 Å². The van der Waals surface area contributed by atoms with Gasteiger partial charge in [-0.2, -0.15) is 0 Å². The van der Waals surface area contributed by atoms with Crippen molar-refractivity contribution < 1.29 is 58.3 Å². The molecule has 6 N–H and O–H groups in total. The first-order valence-corrected chi connectivity index (χ1v) is 21.9. The Labute approximate surface area is 335 Å². The number of carbonyl (C=O) groups excluding carboxylic acids is 1. The molecule has 0 aromatic carbocycles. The molecule has 13 heteroatoms. The summed E-state index contributed by atoms with van der Waals surface area (Å²) in [7, 11) is -5.04. The lowest BCUT2D eigenvalue weighted by Crippen LogP contribution is -2.64. The molecule has 0 aliphatic heterocycles. The Morgan fingerprint density at radius 3 is 1.48 bits per heavy atom. The monoisotopic (exact) mass is 810 g/mol. The summed E-state index contributed by atoms with van der Waals surface area (Å²) in [6.07, 6.45) is 30.9. The number of unbranched alkanes of at least 4 members (excludes halogenated alkanes) is 6. The molecule has 1 aliphatic rings. The molecule has 0 aromatic rings. The van der Waals surface area contributed by atoms with Gasteiger partial charge in [-0.15, -0.1) is 0 Å². The van der Waals surface area contributed by atoms with Crippen molar-refractivity contribution in [1.82, 2.24) is 0 Å². The van der Waals surface area contributed by atoms with Crippen LogP contribution < -0.4 is 0 Å². The predicted molar refractivity (Wildman–Crippen MR) is 221 cm³/mol. The molecule has 0 bridgehead atoms. The Balaban J connectivity index is 2.51. The number of aliphatic hydroxyl groups is 5. The standard InChI is InChI=1S/C43H71O12P/c1-3-5-7-9-11-13-15-17-18-19-21-23-25-27-29-31-33-52-34-36(35-53-56(50,51)55-43-41(48)39(46)38(45)40(47)42(43)49)54-37(44)32-30-28-26-24-22-20-16-14-12-10-8-6-4-2/h5-8,11-14,17-18,20-23,36,38-43,45-49H,3-4,9-10,15-16,19,24-35H2,1-2H3,(H,50,51)/b7-5-,8-6-,13-11-,14-12-,18-17-,22-20-,23-21-. The van der Waals surface area contributed by atoms with Gasteiger partial charge in [0.1, 0.15) is 42.7 Å². The summed E-state index contributed by atoms with van der Waals surface area (Å²) >= 11 is 0. The summed E-state index contributed by atoms with van der Waals surface area (Å²) < 4.78 is 34.0. The van der Waals surface area contributed by atoms with E-state index in [9.17, 15) is 39.8 Å². The van der Waals surface area contributed by atoms with Gasteiger partial charge in [0, 0.05) is 13.0 Å². The Kier molecular flexibility index (Phi) is 30.8. The van der Waals surface area contributed by atoms with Crippen LogP contribution in [-0.2, 0) is 27.9 Å². The van der Waals surface area contributed by atoms with Crippen molar-refractivity contribution in [2.45, 2.75) is 159 Å². The summed E-state index contributed by atoms with van der Waals surface area (Å²) in [4.78, 5) is 23.0. The molecule has 6 unspecified atom stereocenters. The van der Waals surface area contributed by atoms with E-state index in [1.807, 2.05) is 0 Å². The number of rotatable bonds is 32. The molecule has 12 nitrogen and oxygen atoms in total. The van der Waals surface area contributed by atoms with Crippen molar-refractivity contribution in [3.63, 3.8) is 0 Å². The van der Waals surface area contributed by atoms with Gasteiger partial charge in [0.25, 0.3) is 0 Å². The van der Waals surface area contributed by atoms with Gasteiger partial charge in [-0.1, -0.05) is 112 Å². The third-order valence-corrected chi connectivity index (χ3v) is 9.75. The van der Waals surface area contributed by atoms with Crippen LogP contribution in [0.15, 0.2) is 85.1 Å². The van der Waals surface area contributed by atoms with Gasteiger partial charge >= 0.3 is 13.8 Å². The second-order valence-corrected chi connectivity index (χ2v) is 15.1. The van der Waals surface area contributed by atoms with Crippen LogP contribution in [0.4, 0.5) is 0 Å². The first-order valence-electron chi connectivity index (χ1n) is 20.4. The van der Waals surface area contributed by atoms with Crippen molar-refractivity contribution in [3.05, 3.63) is 85.1 Å². The van der Waals surface area contributed by atoms with E-state index in [0.29, 0.717) is 13.0 Å². The molecule has 1 rings (SSSR count). The van der Waals surface area contributed by atoms with Crippen LogP contribution in [0.5, 0.6) is 0 Å². The molecule has 1 aliphatic carbocycles. The maximum Gasteiger partial charge on any atom is 0.472 e. The average molecular weight is 811 g/mol. The SMILES string of the molecule is CC/C=C\C/C=C\C/C=C\C/C=C\CCCCCOCC(COP(=O)(O)OC1C(O)C(O)C(O)C(O)C1O)OC(=O)CCCCC/C=C\C/C=C\C/C=C\CC. The fraction of sp³-hybridized carbons (Fsp3) is 0.651. The van der Waals surface area contributed by atoms with Crippen LogP contribution in [0, 0.1) is 0 Å². The fourth-order valence-electron chi connectivity index (χ4n) is 5.53. The molecule has 0 radical (unpaired) electrons. The zero-order valence-electron chi connectivity index (χ0n) is 33.6. The van der Waals surface area contributed by atoms with Crippen molar-refractivity contribution in [2.75, 3.05) is 19.8 Å². The third kappa shape index (κ3) is 25.7. The first-order chi connectivity index (χ1) is 27.0. The number of ether oxygens (including phenoxy) is 2. The first kappa shape index (κ1) is 51.5. The number of esters is 1. The van der Waals surface area contributed by atoms with Crippen LogP contribution in [0.3, 0.4) is 0 Å². The molecule has 6 atom stereocenters. The van der Waals surface area contributed by atoms with Gasteiger partial charge in [0.15, 0.2) is 0 Å². The van der Waals surface area contributed by atoms with Crippen LogP contribution in [0.2, 0.25) is 0 Å². The number of allylic oxidation sites excluding steroid dienone is 14. The summed E-state index contributed by atoms with van der Waals surface area (Å²) in [5.74, 6) is -0.523. The van der Waals surface area contributed by atoms with Gasteiger partial charge in [0.2, 0.25) is 0 Å². The van der Waals surface area contributed by atoms with Gasteiger partial charge in [-0.25, -0.2) is 4.57 Å². The van der Waals surface area contributed by atoms with E-state index >= 15 is 0 Å². The Morgan fingerprint density at radius 2 is 1.00 bits per heavy atom. The topological polar surface area (TPSA) is 192 Å². The van der Waals surface area contributed by atoms with Crippen LogP contribution in [0.25, 0.3) is 0 Å². The van der Waals surface area contributed by atoms with Crippen LogP contribution in [0.1, 0.15) is 117 Å². The highest BCUT2D eigenvalue weighted by atomic mass is 31.2. The van der Waals surface area contributed by atoms with E-state index in [-0.39, 0.29) is 13.0 Å². The largest absolute Gasteiger partial charge is 0.472 e. The lowest BCUT2D eigenvalue weighted by atomic mass is 9.85. The van der Waals surface area contributed by atoms with Crippen molar-refractivity contribution in [1.29, 1.82) is 0 Å². The normalized spacial score (nSPS) is 23.9. The lowest BCUT2D eigenvalue weighted by Gasteiger charge is -2.41. The molecule has 0 heterocycles. The van der Waals surface area contributed by atoms with Crippen LogP contribution >= 0.6 is 7.82 Å². The number of phosphoric ester groups is 1. The van der Waals surface area contributed by atoms with Gasteiger partial charge in [-0.3, -0.25) is 13.8 Å². The maximum atomic E-state index is 12.8. The number of hydrogen-bond acceptors (Lipinski definition) is 11. The zero-order valence-corrected chi connectivity index (χ0v) is 34.5. The molecule has 320 valence electrons. The number of phosphoric acid groups is 1. The highest BCUT2D eigenvalue weighted by molar-refractivity contribution is 7.47. The molecule has 0 aromatic heterocycles. The minimum atomic E-state index is -5.04. The number of hydrogen-bond donors (Lipinski definition) is 6. The minimum absolute atomic E-state index is 0.116. The van der Waals surface area contributed by atoms with E-state index in [0.717, 1.165) is 89.9 Å². The smallest absolute Gasteiger partial charge is 0.457 e. The molecular weight excluding hydrogens is 739 g/mol. The molecule has 0 amide bonds. The molecule has 0 spiro atoms. The van der Waals surface area contributed by atoms with Crippen molar-refractivity contribution >= 4 is 13.8 Å². The van der Waals surface area contributed by atoms with E-state index < -0.39 is 63.1 Å². The lowest BCUT2D eigenvalue weighted by molar-refractivity contribution is -0.220. The highest BCUT2D eigenvalue weighted by Gasteiger charge is 2.51. The summed E-state index contributed by atoms with van der Waals surface area (Å²) in [6.45, 7) is 3.88. The molecule has 56 heavy (non-hydrogen) atoms. The van der Waals surface area contributed by atoms with Gasteiger partial charge < -0.3 is 39.9 Å². The Hall–Kier alpha value is -2.48. The summed E-state index contributed by atoms with van der Waals surface area (Å²) in [5, 5.41) is 50.0. The summed E-state index contributed by atoms with van der Waals surface area (Å²) in [6, 6.07) is 0. The van der Waals surface area contributed by atoms with Crippen molar-refractivity contribution in [3.8, 4) is 0 Å². The van der Waals surface area contributed by atoms with Gasteiger partial charge in [-0.05, 0) is 83.5 Å². The number of carbonyl (C=O) groups is 1. The predicted octanol–water partition coefficient (Wildman–Crippen LogP) is 7.41. The Bertz CT molecular complexity index is 1240. The molecule has 1 fully saturated rings. The maximum absolute atomic E-state index is 12.8. The van der Waals surface area contributed by atoms with E-state index in [1.165, 1.54) is 0 Å². The summed E-state index contributed by atoms with van der Waals surface area (Å²) in [5.41, 5.74) is 0. The third-order valence-electron chi connectivity index (χ3n) is 8.76. The average Bonchev–Trinajstić information content (AvgIpc) is 3.18. The molecule has 0 saturated heterocycles. The van der Waals surface area contributed by atoms with E-state index in [1.54, 1.807) is 0 Å². The number of aliphatic hydroxyl groups excluding tert-OH is 5. The molecular formula is C43H71O12P. The Morgan fingerprint density at radius 1 is 0.571 bits per heavy atom. The van der Waals surface area contributed by atoms with E-state index in [2.05, 4.69) is 98.9 Å². The fourth-order valence-corrected chi connectivity index (χ4v) is 6.51. The second kappa shape index (κ2) is 33.5. The zero-order chi connectivity index (χ0) is 41.3. The van der Waals surface area contributed by atoms with Crippen molar-refractivity contribution in [2.24, 2.45) is 0 Å². The highest BCUT2D eigenvalue weighted by Crippen LogP contribution is 2.47. The van der Waals surface area contributed by atoms with E-state index in [4.69, 9.17) is 18.5 Å². The second-order valence-electron chi connectivity index (χ2n) is 13.7. The molecule has 1 saturated carbocycles.